The van der Waals surface area contributed by atoms with Crippen molar-refractivity contribution in [2.45, 2.75) is 7.43 Å². The Bertz CT molecular complexity index is 373. The second-order valence-electron chi connectivity index (χ2n) is 2.30. The van der Waals surface area contributed by atoms with Crippen molar-refractivity contribution in [3.63, 3.8) is 0 Å². The molecule has 0 amide bonds. The smallest absolute Gasteiger partial charge is 0.160 e. The van der Waals surface area contributed by atoms with Gasteiger partial charge >= 0.3 is 0 Å². The van der Waals surface area contributed by atoms with Gasteiger partial charge in [-0.1, -0.05) is 13.5 Å². The van der Waals surface area contributed by atoms with E-state index in [0.717, 1.165) is 11.2 Å². The minimum Gasteiger partial charge on any atom is -0.297 e. The van der Waals surface area contributed by atoms with Gasteiger partial charge in [-0.3, -0.25) is 4.79 Å². The van der Waals surface area contributed by atoms with Crippen LogP contribution < -0.4 is 0 Å². The number of carbonyl (C=O) groups is 1. The Morgan fingerprint density at radius 3 is 2.54 bits per heavy atom. The predicted octanol–water partition coefficient (Wildman–Crippen LogP) is 3.93. The van der Waals surface area contributed by atoms with Gasteiger partial charge in [-0.05, 0) is 23.6 Å². The molecule has 0 atom stereocenters. The van der Waals surface area contributed by atoms with E-state index in [-0.39, 0.29) is 7.43 Å². The molecule has 0 aromatic carbocycles. The zero-order valence-electron chi connectivity index (χ0n) is 6.19. The fourth-order valence-corrected chi connectivity index (χ4v) is 2.62. The lowest BCUT2D eigenvalue weighted by Crippen LogP contribution is -1.62. The van der Waals surface area contributed by atoms with Crippen molar-refractivity contribution in [1.82, 2.24) is 0 Å². The third-order valence-electron chi connectivity index (χ3n) is 1.51. The topological polar surface area (TPSA) is 17.1 Å². The van der Waals surface area contributed by atoms with Crippen LogP contribution in [0, 0.1) is 0 Å². The predicted molar refractivity (Wildman–Crippen MR) is 59.8 cm³/mol. The molecule has 0 bridgehead atoms. The summed E-state index contributed by atoms with van der Waals surface area (Å²) in [5, 5.41) is 2.04. The van der Waals surface area contributed by atoms with Gasteiger partial charge in [0, 0.05) is 9.75 Å². The fraction of sp³-hybridized carbons (Fsp3) is 0.100. The summed E-state index contributed by atoms with van der Waals surface area (Å²) in [6.07, 6.45) is 0.891. The van der Waals surface area contributed by atoms with Gasteiger partial charge in [0.2, 0.25) is 0 Å². The van der Waals surface area contributed by atoms with Crippen molar-refractivity contribution < 1.29 is 4.79 Å². The van der Waals surface area contributed by atoms with Crippen LogP contribution >= 0.6 is 22.7 Å². The maximum atomic E-state index is 10.4. The molecule has 0 N–H and O–H groups in total. The minimum absolute atomic E-state index is 0. The molecule has 1 nitrogen and oxygen atoms in total. The second-order valence-corrected chi connectivity index (χ2v) is 4.36. The van der Waals surface area contributed by atoms with Gasteiger partial charge in [0.1, 0.15) is 0 Å². The summed E-state index contributed by atoms with van der Waals surface area (Å²) in [6, 6.07) is 7.92. The van der Waals surface area contributed by atoms with Gasteiger partial charge in [-0.2, -0.15) is 0 Å². The highest BCUT2D eigenvalue weighted by Crippen LogP contribution is 2.30. The number of aldehydes is 1. The van der Waals surface area contributed by atoms with Gasteiger partial charge in [0.05, 0.1) is 4.88 Å². The zero-order chi connectivity index (χ0) is 8.39. The summed E-state index contributed by atoms with van der Waals surface area (Å²) in [4.78, 5) is 13.6. The Morgan fingerprint density at radius 2 is 2.00 bits per heavy atom. The van der Waals surface area contributed by atoms with Crippen LogP contribution in [0.4, 0.5) is 0 Å². The van der Waals surface area contributed by atoms with Crippen molar-refractivity contribution in [3.8, 4) is 9.75 Å². The first-order valence-corrected chi connectivity index (χ1v) is 5.18. The van der Waals surface area contributed by atoms with Gasteiger partial charge in [-0.25, -0.2) is 0 Å². The molecule has 0 fully saturated rings. The monoisotopic (exact) mass is 210 g/mol. The van der Waals surface area contributed by atoms with Crippen LogP contribution in [0.5, 0.6) is 0 Å². The van der Waals surface area contributed by atoms with Crippen LogP contribution in [0.25, 0.3) is 9.75 Å². The van der Waals surface area contributed by atoms with Gasteiger partial charge in [0.25, 0.3) is 0 Å². The first-order chi connectivity index (χ1) is 5.90. The first-order valence-electron chi connectivity index (χ1n) is 3.49. The molecule has 2 rings (SSSR count). The summed E-state index contributed by atoms with van der Waals surface area (Å²) >= 11 is 3.23. The molecule has 0 unspecified atom stereocenters. The van der Waals surface area contributed by atoms with Crippen LogP contribution in [0.15, 0.2) is 29.6 Å². The van der Waals surface area contributed by atoms with Crippen molar-refractivity contribution in [1.29, 1.82) is 0 Å². The van der Waals surface area contributed by atoms with Crippen LogP contribution in [-0.4, -0.2) is 6.29 Å². The highest BCUT2D eigenvalue weighted by Gasteiger charge is 2.01. The van der Waals surface area contributed by atoms with E-state index in [9.17, 15) is 4.79 Å². The average Bonchev–Trinajstić information content (AvgIpc) is 2.75. The van der Waals surface area contributed by atoms with Crippen LogP contribution in [0.3, 0.4) is 0 Å². The highest BCUT2D eigenvalue weighted by molar-refractivity contribution is 7.22. The molecule has 0 saturated heterocycles. The summed E-state index contributed by atoms with van der Waals surface area (Å²) < 4.78 is 0. The Labute approximate surface area is 85.7 Å². The van der Waals surface area contributed by atoms with E-state index in [1.165, 1.54) is 21.1 Å². The number of hydrogen-bond acceptors (Lipinski definition) is 3. The molecule has 68 valence electrons. The lowest BCUT2D eigenvalue weighted by Gasteiger charge is -1.85. The van der Waals surface area contributed by atoms with Crippen LogP contribution in [0.2, 0.25) is 0 Å². The van der Waals surface area contributed by atoms with Gasteiger partial charge in [0.15, 0.2) is 6.29 Å². The molecule has 0 aliphatic rings. The number of thiophene rings is 2. The van der Waals surface area contributed by atoms with E-state index in [0.29, 0.717) is 0 Å². The molecule has 0 aliphatic heterocycles. The lowest BCUT2D eigenvalue weighted by atomic mass is 10.4. The summed E-state index contributed by atoms with van der Waals surface area (Å²) in [5.41, 5.74) is 0. The lowest BCUT2D eigenvalue weighted by molar-refractivity contribution is 0.112. The van der Waals surface area contributed by atoms with Crippen molar-refractivity contribution in [3.05, 3.63) is 34.5 Å². The Hall–Kier alpha value is -0.930. The summed E-state index contributed by atoms with van der Waals surface area (Å²) in [7, 11) is 0. The first kappa shape index (κ1) is 10.2. The molecular formula is C10H10OS2. The van der Waals surface area contributed by atoms with Crippen molar-refractivity contribution in [2.75, 3.05) is 0 Å². The molecule has 0 saturated carbocycles. The standard InChI is InChI=1S/C9H6OS2.CH4/c10-6-7-3-4-9(12-7)8-2-1-5-11-8;/h1-6H;1H4. The summed E-state index contributed by atoms with van der Waals surface area (Å²) in [6.45, 7) is 0. The van der Waals surface area contributed by atoms with E-state index in [2.05, 4.69) is 6.07 Å². The Morgan fingerprint density at radius 1 is 1.15 bits per heavy atom. The van der Waals surface area contributed by atoms with E-state index in [4.69, 9.17) is 0 Å². The molecule has 0 spiro atoms. The molecule has 3 heteroatoms. The van der Waals surface area contributed by atoms with E-state index < -0.39 is 0 Å². The SMILES string of the molecule is C.O=Cc1ccc(-c2cccs2)s1. The minimum atomic E-state index is 0. The Balaban J connectivity index is 0.000000845. The maximum Gasteiger partial charge on any atom is 0.160 e. The second kappa shape index (κ2) is 4.35. The van der Waals surface area contributed by atoms with Crippen LogP contribution in [-0.2, 0) is 0 Å². The third-order valence-corrected chi connectivity index (χ3v) is 3.58. The highest BCUT2D eigenvalue weighted by atomic mass is 32.1. The van der Waals surface area contributed by atoms with Crippen molar-refractivity contribution in [2.24, 2.45) is 0 Å². The largest absolute Gasteiger partial charge is 0.297 e. The zero-order valence-corrected chi connectivity index (χ0v) is 7.82. The van der Waals surface area contributed by atoms with Gasteiger partial charge in [-0.15, -0.1) is 22.7 Å². The quantitative estimate of drug-likeness (QED) is 0.686. The molecule has 13 heavy (non-hydrogen) atoms. The van der Waals surface area contributed by atoms with Gasteiger partial charge < -0.3 is 0 Å². The van der Waals surface area contributed by atoms with E-state index in [1.807, 2.05) is 23.6 Å². The molecule has 2 heterocycles. The fourth-order valence-electron chi connectivity index (χ4n) is 0.967. The Kier molecular flexibility index (Phi) is 3.39. The summed E-state index contributed by atoms with van der Waals surface area (Å²) in [5.74, 6) is 0. The third kappa shape index (κ3) is 2.05. The van der Waals surface area contributed by atoms with E-state index >= 15 is 0 Å². The maximum absolute atomic E-state index is 10.4. The normalized spacial score (nSPS) is 9.23. The molecule has 0 aliphatic carbocycles. The molecule has 0 radical (unpaired) electrons. The van der Waals surface area contributed by atoms with Crippen molar-refractivity contribution >= 4 is 29.0 Å². The van der Waals surface area contributed by atoms with Crippen LogP contribution in [0.1, 0.15) is 17.1 Å². The number of carbonyl (C=O) groups excluding carboxylic acids is 1. The number of rotatable bonds is 2. The molecule has 2 aromatic heterocycles. The number of hydrogen-bond donors (Lipinski definition) is 0. The average molecular weight is 210 g/mol. The van der Waals surface area contributed by atoms with E-state index in [1.54, 1.807) is 11.3 Å². The molecular weight excluding hydrogens is 200 g/mol. The molecule has 2 aromatic rings.